The van der Waals surface area contributed by atoms with Crippen LogP contribution in [0.4, 0.5) is 5.69 Å². The number of carbonyl (C=O) groups excluding carboxylic acids is 1. The number of fused-ring (bicyclic) bond motifs is 1. The van der Waals surface area contributed by atoms with E-state index in [2.05, 4.69) is 10.6 Å². The lowest BCUT2D eigenvalue weighted by Gasteiger charge is -2.18. The molecule has 2 fully saturated rings. The summed E-state index contributed by atoms with van der Waals surface area (Å²) < 4.78 is 6.78. The highest BCUT2D eigenvalue weighted by atomic mass is 35.5. The number of imidazole rings is 1. The molecular formula is C22H21Cl2N3O2. The van der Waals surface area contributed by atoms with Gasteiger partial charge >= 0.3 is 0 Å². The number of amides is 1. The Morgan fingerprint density at radius 2 is 1.90 bits per heavy atom. The van der Waals surface area contributed by atoms with Crippen LogP contribution >= 0.6 is 23.2 Å². The lowest BCUT2D eigenvalue weighted by Crippen LogP contribution is -2.24. The number of para-hydroxylation sites is 2. The van der Waals surface area contributed by atoms with E-state index in [9.17, 15) is 4.79 Å². The maximum atomic E-state index is 12.8. The first kappa shape index (κ1) is 18.8. The summed E-state index contributed by atoms with van der Waals surface area (Å²) in [5.41, 5.74) is 2.88. The second-order valence-electron chi connectivity index (χ2n) is 7.83. The Hall–Kier alpha value is -2.24. The predicted molar refractivity (Wildman–Crippen MR) is 115 cm³/mol. The third-order valence-electron chi connectivity index (χ3n) is 5.92. The Balaban J connectivity index is 1.46. The molecule has 1 amide bonds. The molecular weight excluding hydrogens is 409 g/mol. The number of hydrogen-bond donors (Lipinski definition) is 0. The van der Waals surface area contributed by atoms with Crippen LogP contribution in [0.15, 0.2) is 48.5 Å². The molecule has 2 aliphatic rings. The van der Waals surface area contributed by atoms with Crippen LogP contribution in [-0.4, -0.2) is 33.4 Å². The smallest absolute Gasteiger partial charge is 0.227 e. The summed E-state index contributed by atoms with van der Waals surface area (Å²) in [7, 11) is 1.63. The third-order valence-corrected chi connectivity index (χ3v) is 6.84. The van der Waals surface area contributed by atoms with Crippen molar-refractivity contribution in [1.82, 2.24) is 9.55 Å². The molecule has 5 rings (SSSR count). The fraction of sp³-hybridized carbons (Fsp3) is 0.364. The number of benzene rings is 2. The lowest BCUT2D eigenvalue weighted by atomic mass is 10.1. The van der Waals surface area contributed by atoms with Gasteiger partial charge in [0, 0.05) is 37.0 Å². The normalized spacial score (nSPS) is 23.0. The number of halogens is 2. The zero-order valence-electron chi connectivity index (χ0n) is 16.0. The molecule has 1 aliphatic carbocycles. The molecule has 0 bridgehead atoms. The van der Waals surface area contributed by atoms with E-state index in [-0.39, 0.29) is 17.7 Å². The summed E-state index contributed by atoms with van der Waals surface area (Å²) in [5.74, 6) is 2.04. The summed E-state index contributed by atoms with van der Waals surface area (Å²) in [6.45, 7) is 1.32. The first-order valence-electron chi connectivity index (χ1n) is 9.73. The largest absolute Gasteiger partial charge is 0.497 e. The van der Waals surface area contributed by atoms with E-state index in [0.717, 1.165) is 41.3 Å². The van der Waals surface area contributed by atoms with Crippen LogP contribution in [0, 0.1) is 5.92 Å². The van der Waals surface area contributed by atoms with Gasteiger partial charge < -0.3 is 14.2 Å². The van der Waals surface area contributed by atoms with Gasteiger partial charge in [0.05, 0.1) is 18.1 Å². The molecule has 2 aromatic carbocycles. The molecule has 1 aliphatic heterocycles. The van der Waals surface area contributed by atoms with Gasteiger partial charge in [-0.25, -0.2) is 4.98 Å². The summed E-state index contributed by atoms with van der Waals surface area (Å²) >= 11 is 12.6. The molecule has 0 radical (unpaired) electrons. The van der Waals surface area contributed by atoms with E-state index in [4.69, 9.17) is 32.9 Å². The van der Waals surface area contributed by atoms with Crippen LogP contribution in [-0.2, 0) is 11.3 Å². The summed E-state index contributed by atoms with van der Waals surface area (Å²) in [4.78, 5) is 19.5. The highest BCUT2D eigenvalue weighted by Crippen LogP contribution is 2.54. The SMILES string of the molecule is COc1ccc(N2C[C@H](c3nc4ccccc4n3C[C@@H]3CC3(Cl)Cl)CC2=O)cc1. The van der Waals surface area contributed by atoms with Crippen molar-refractivity contribution < 1.29 is 9.53 Å². The number of hydrogen-bond acceptors (Lipinski definition) is 3. The van der Waals surface area contributed by atoms with E-state index in [1.54, 1.807) is 7.11 Å². The number of aromatic nitrogens is 2. The molecule has 0 spiro atoms. The van der Waals surface area contributed by atoms with Gasteiger partial charge in [-0.05, 0) is 42.8 Å². The molecule has 0 N–H and O–H groups in total. The van der Waals surface area contributed by atoms with E-state index >= 15 is 0 Å². The van der Waals surface area contributed by atoms with Gasteiger partial charge in [-0.15, -0.1) is 23.2 Å². The molecule has 1 saturated heterocycles. The maximum Gasteiger partial charge on any atom is 0.227 e. The first-order valence-corrected chi connectivity index (χ1v) is 10.5. The minimum absolute atomic E-state index is 0.0239. The van der Waals surface area contributed by atoms with Crippen LogP contribution in [0.25, 0.3) is 11.0 Å². The van der Waals surface area contributed by atoms with Crippen molar-refractivity contribution in [2.75, 3.05) is 18.6 Å². The maximum absolute atomic E-state index is 12.8. The van der Waals surface area contributed by atoms with Crippen LogP contribution in [0.5, 0.6) is 5.75 Å². The number of alkyl halides is 2. The fourth-order valence-corrected chi connectivity index (χ4v) is 4.69. The topological polar surface area (TPSA) is 47.4 Å². The molecule has 3 aromatic rings. The zero-order chi connectivity index (χ0) is 20.2. The van der Waals surface area contributed by atoms with Gasteiger partial charge in [0.2, 0.25) is 5.91 Å². The Bertz CT molecular complexity index is 1080. The van der Waals surface area contributed by atoms with Crippen molar-refractivity contribution in [3.63, 3.8) is 0 Å². The van der Waals surface area contributed by atoms with Crippen molar-refractivity contribution in [1.29, 1.82) is 0 Å². The number of carbonyl (C=O) groups is 1. The molecule has 0 unspecified atom stereocenters. The van der Waals surface area contributed by atoms with Gasteiger partial charge in [-0.2, -0.15) is 0 Å². The summed E-state index contributed by atoms with van der Waals surface area (Å²) in [6, 6.07) is 15.7. The van der Waals surface area contributed by atoms with E-state index in [1.807, 2.05) is 47.4 Å². The molecule has 150 valence electrons. The Morgan fingerprint density at radius 1 is 1.17 bits per heavy atom. The highest BCUT2D eigenvalue weighted by molar-refractivity contribution is 6.50. The standard InChI is InChI=1S/C22H21Cl2N3O2/c1-29-17-8-6-16(7-9-17)26-12-14(10-20(26)28)21-25-18-4-2-3-5-19(18)27(21)13-15-11-22(15,23)24/h2-9,14-15H,10-13H2,1H3/t14-,15+/m1/s1. The van der Waals surface area contributed by atoms with Crippen molar-refractivity contribution in [2.24, 2.45) is 5.92 Å². The number of anilines is 1. The third kappa shape index (κ3) is 3.36. The molecule has 2 heterocycles. The van der Waals surface area contributed by atoms with Crippen molar-refractivity contribution in [2.45, 2.75) is 29.6 Å². The molecule has 2 atom stereocenters. The average Bonchev–Trinajstić information content (AvgIpc) is 3.04. The van der Waals surface area contributed by atoms with Gasteiger partial charge in [-0.3, -0.25) is 4.79 Å². The first-order chi connectivity index (χ1) is 14.0. The van der Waals surface area contributed by atoms with Crippen molar-refractivity contribution >= 4 is 45.8 Å². The Kier molecular flexibility index (Phi) is 4.48. The molecule has 1 aromatic heterocycles. The highest BCUT2D eigenvalue weighted by Gasteiger charge is 2.52. The van der Waals surface area contributed by atoms with Gasteiger partial charge in [-0.1, -0.05) is 12.1 Å². The van der Waals surface area contributed by atoms with E-state index in [1.165, 1.54) is 0 Å². The molecule has 29 heavy (non-hydrogen) atoms. The summed E-state index contributed by atoms with van der Waals surface area (Å²) in [5, 5.41) is 0. The van der Waals surface area contributed by atoms with Gasteiger partial charge in [0.15, 0.2) is 0 Å². The number of methoxy groups -OCH3 is 1. The molecule has 7 heteroatoms. The number of rotatable bonds is 5. The van der Waals surface area contributed by atoms with Crippen molar-refractivity contribution in [3.05, 3.63) is 54.4 Å². The second-order valence-corrected chi connectivity index (χ2v) is 9.38. The summed E-state index contributed by atoms with van der Waals surface area (Å²) in [6.07, 6.45) is 1.22. The van der Waals surface area contributed by atoms with Crippen molar-refractivity contribution in [3.8, 4) is 5.75 Å². The van der Waals surface area contributed by atoms with Gasteiger partial charge in [0.1, 0.15) is 15.9 Å². The second kappa shape index (κ2) is 6.92. The fourth-order valence-electron chi connectivity index (χ4n) is 4.18. The average molecular weight is 430 g/mol. The number of ether oxygens (including phenoxy) is 1. The van der Waals surface area contributed by atoms with Gasteiger partial charge in [0.25, 0.3) is 0 Å². The predicted octanol–water partition coefficient (Wildman–Crippen LogP) is 4.76. The van der Waals surface area contributed by atoms with Crippen LogP contribution < -0.4 is 9.64 Å². The quantitative estimate of drug-likeness (QED) is 0.549. The monoisotopic (exact) mass is 429 g/mol. The van der Waals surface area contributed by atoms with Crippen LogP contribution in [0.3, 0.4) is 0 Å². The van der Waals surface area contributed by atoms with Crippen LogP contribution in [0.1, 0.15) is 24.6 Å². The Morgan fingerprint density at radius 3 is 2.59 bits per heavy atom. The minimum atomic E-state index is -0.650. The molecule has 1 saturated carbocycles. The van der Waals surface area contributed by atoms with Crippen LogP contribution in [0.2, 0.25) is 0 Å². The Labute approximate surface area is 179 Å². The van der Waals surface area contributed by atoms with E-state index < -0.39 is 4.33 Å². The number of nitrogens with zero attached hydrogens (tertiary/aromatic N) is 3. The molecule has 5 nitrogen and oxygen atoms in total. The zero-order valence-corrected chi connectivity index (χ0v) is 17.5. The lowest BCUT2D eigenvalue weighted by molar-refractivity contribution is -0.117. The minimum Gasteiger partial charge on any atom is -0.497 e. The van der Waals surface area contributed by atoms with E-state index in [0.29, 0.717) is 13.0 Å².